The Morgan fingerprint density at radius 3 is 1.38 bits per heavy atom. The highest BCUT2D eigenvalue weighted by Crippen LogP contribution is 2.05. The van der Waals surface area contributed by atoms with Gasteiger partial charge in [0.05, 0.1) is 12.1 Å². The molecule has 0 aromatic carbocycles. The first-order chi connectivity index (χ1) is 7.20. The van der Waals surface area contributed by atoms with E-state index in [1.54, 1.807) is 0 Å². The zero-order valence-corrected chi connectivity index (χ0v) is 10.4. The van der Waals surface area contributed by atoms with Gasteiger partial charge in [-0.2, -0.15) is 0 Å². The van der Waals surface area contributed by atoms with Crippen molar-refractivity contribution in [3.05, 3.63) is 0 Å². The minimum atomic E-state index is -1.20. The predicted octanol–water partition coefficient (Wildman–Crippen LogP) is -0.670. The van der Waals surface area contributed by atoms with Crippen molar-refractivity contribution in [2.24, 2.45) is 23.3 Å². The Morgan fingerprint density at radius 2 is 1.19 bits per heavy atom. The molecule has 0 fully saturated rings. The Labute approximate surface area is 99.0 Å². The van der Waals surface area contributed by atoms with Crippen molar-refractivity contribution in [3.8, 4) is 0 Å². The first-order valence-electron chi connectivity index (χ1n) is 5.54. The van der Waals surface area contributed by atoms with Gasteiger partial charge in [-0.3, -0.25) is 0 Å². The topological polar surface area (TPSA) is 86.2 Å². The number of hydrogen-bond acceptors (Lipinski definition) is 4. The van der Waals surface area contributed by atoms with Gasteiger partial charge in [0.15, 0.2) is 0 Å². The van der Waals surface area contributed by atoms with Gasteiger partial charge in [0.2, 0.25) is 0 Å². The molecule has 2 atom stereocenters. The molecule has 16 heavy (non-hydrogen) atoms. The maximum absolute atomic E-state index is 11.7. The van der Waals surface area contributed by atoms with Crippen LogP contribution in [0.15, 0.2) is 0 Å². The molecular weight excluding hydrogens is 202 g/mol. The van der Waals surface area contributed by atoms with E-state index in [4.69, 9.17) is 19.2 Å². The molecule has 0 aliphatic carbocycles. The molecule has 0 amide bonds. The third-order valence-electron chi connectivity index (χ3n) is 2.71. The molecule has 4 nitrogen and oxygen atoms in total. The fourth-order valence-electron chi connectivity index (χ4n) is 1.21. The summed E-state index contributed by atoms with van der Waals surface area (Å²) in [6.45, 7) is 6.03. The van der Waals surface area contributed by atoms with Crippen LogP contribution in [0.1, 0.15) is 27.7 Å². The van der Waals surface area contributed by atoms with Gasteiger partial charge in [-0.1, -0.05) is 27.7 Å². The van der Waals surface area contributed by atoms with Gasteiger partial charge in [0.25, 0.3) is 6.60 Å². The number of carbonyl (C=O) groups is 2. The lowest BCUT2D eigenvalue weighted by Crippen LogP contribution is -2.54. The van der Waals surface area contributed by atoms with E-state index >= 15 is 0 Å². The first kappa shape index (κ1) is 15.4. The fraction of sp³-hybridized carbons (Fsp3) is 0.800. The van der Waals surface area contributed by atoms with Crippen molar-refractivity contribution in [2.75, 3.05) is 0 Å². The highest BCUT2D eigenvalue weighted by atomic mass is 16.1. The summed E-state index contributed by atoms with van der Waals surface area (Å²) in [5, 5.41) is 0. The van der Waals surface area contributed by atoms with Crippen LogP contribution in [0.25, 0.3) is 0 Å². The van der Waals surface area contributed by atoms with E-state index in [2.05, 4.69) is 0 Å². The number of rotatable bonds is 6. The van der Waals surface area contributed by atoms with E-state index in [9.17, 15) is 9.59 Å². The summed E-state index contributed by atoms with van der Waals surface area (Å²) in [5.41, 5.74) is 10.4. The zero-order chi connectivity index (χ0) is 13.0. The van der Waals surface area contributed by atoms with Crippen LogP contribution in [-0.4, -0.2) is 37.8 Å². The van der Waals surface area contributed by atoms with Gasteiger partial charge >= 0.3 is 0 Å². The third-order valence-corrected chi connectivity index (χ3v) is 2.71. The monoisotopic (exact) mass is 222 g/mol. The molecule has 0 aromatic rings. The van der Waals surface area contributed by atoms with Crippen LogP contribution in [-0.2, 0) is 9.59 Å². The molecule has 0 saturated heterocycles. The molecule has 0 unspecified atom stereocenters. The van der Waals surface area contributed by atoms with Crippen LogP contribution >= 0.6 is 0 Å². The van der Waals surface area contributed by atoms with Crippen molar-refractivity contribution in [2.45, 2.75) is 39.8 Å². The van der Waals surface area contributed by atoms with Gasteiger partial charge in [-0.15, -0.1) is 0 Å². The molecule has 4 N–H and O–H groups in total. The molecule has 2 radical (unpaired) electrons. The van der Waals surface area contributed by atoms with E-state index in [1.165, 1.54) is 0 Å². The van der Waals surface area contributed by atoms with Crippen LogP contribution in [0.2, 0.25) is 0 Å². The molecule has 0 rings (SSSR count). The van der Waals surface area contributed by atoms with Gasteiger partial charge < -0.3 is 21.1 Å². The predicted molar refractivity (Wildman–Crippen MR) is 67.1 cm³/mol. The highest BCUT2D eigenvalue weighted by molar-refractivity contribution is 7.36. The summed E-state index contributed by atoms with van der Waals surface area (Å²) in [5.74, 6) is -0.0803. The van der Waals surface area contributed by atoms with E-state index in [0.29, 0.717) is 0 Å². The molecule has 0 bridgehead atoms. The van der Waals surface area contributed by atoms with Crippen LogP contribution in [0.3, 0.4) is 0 Å². The van der Waals surface area contributed by atoms with Crippen LogP contribution in [0.5, 0.6) is 0 Å². The molecule has 6 heteroatoms. The van der Waals surface area contributed by atoms with E-state index < -0.39 is 30.1 Å². The lowest BCUT2D eigenvalue weighted by molar-refractivity contribution is -0.117. The second kappa shape index (κ2) is 6.21. The molecule has 0 heterocycles. The zero-order valence-electron chi connectivity index (χ0n) is 10.4. The molecule has 0 aromatic heterocycles. The molecule has 88 valence electrons. The van der Waals surface area contributed by atoms with Crippen molar-refractivity contribution < 1.29 is 9.59 Å². The number of hydrogen-bond donors (Lipinski definition) is 2. The number of carbonyl (C=O) groups excluding carboxylic acids is 2. The minimum absolute atomic E-state index is 0.0402. The van der Waals surface area contributed by atoms with E-state index in [1.807, 2.05) is 27.7 Å². The van der Waals surface area contributed by atoms with Gasteiger partial charge in [-0.25, -0.2) is 0 Å². The smallest absolute Gasteiger partial charge is 0.256 e. The van der Waals surface area contributed by atoms with Crippen molar-refractivity contribution in [3.63, 3.8) is 0 Å². The molecule has 0 aliphatic rings. The summed E-state index contributed by atoms with van der Waals surface area (Å²) in [4.78, 5) is 23.5. The van der Waals surface area contributed by atoms with Crippen LogP contribution < -0.4 is 11.5 Å². The average molecular weight is 222 g/mol. The third kappa shape index (κ3) is 3.76. The first-order valence-corrected chi connectivity index (χ1v) is 5.54. The largest absolute Gasteiger partial charge is 0.322 e. The Bertz CT molecular complexity index is 244. The average Bonchev–Trinajstić information content (AvgIpc) is 2.23. The van der Waals surface area contributed by atoms with Crippen molar-refractivity contribution in [1.82, 2.24) is 0 Å². The molecular formula is C10H20B2N2O2. The Morgan fingerprint density at radius 1 is 0.938 bits per heavy atom. The van der Waals surface area contributed by atoms with Gasteiger partial charge in [-0.05, 0) is 11.8 Å². The summed E-state index contributed by atoms with van der Waals surface area (Å²) < 4.78 is 0. The fourth-order valence-corrected chi connectivity index (χ4v) is 1.21. The highest BCUT2D eigenvalue weighted by Gasteiger charge is 2.34. The maximum Gasteiger partial charge on any atom is 0.256 e. The summed E-state index contributed by atoms with van der Waals surface area (Å²) >= 11 is 0. The molecule has 0 aliphatic heterocycles. The summed E-state index contributed by atoms with van der Waals surface area (Å²) in [6, 6.07) is -1.42. The van der Waals surface area contributed by atoms with E-state index in [-0.39, 0.29) is 11.8 Å². The quantitative estimate of drug-likeness (QED) is 0.583. The number of nitrogens with two attached hydrogens (primary N) is 2. The SMILES string of the molecule is [B]B(C(=O)[C@@H](N)C(C)C)C(=O)[C@@H](N)C(C)C. The van der Waals surface area contributed by atoms with Gasteiger partial charge in [0, 0.05) is 7.74 Å². The second-order valence-electron chi connectivity index (χ2n) is 4.82. The van der Waals surface area contributed by atoms with Crippen molar-refractivity contribution >= 4 is 25.7 Å². The minimum Gasteiger partial charge on any atom is -0.322 e. The van der Waals surface area contributed by atoms with Crippen LogP contribution in [0, 0.1) is 11.8 Å². The molecule has 0 spiro atoms. The van der Waals surface area contributed by atoms with E-state index in [0.717, 1.165) is 0 Å². The summed E-state index contributed by atoms with van der Waals surface area (Å²) in [6.07, 6.45) is 0. The van der Waals surface area contributed by atoms with Gasteiger partial charge in [0.1, 0.15) is 11.4 Å². The lowest BCUT2D eigenvalue weighted by Gasteiger charge is -2.21. The Balaban J connectivity index is 4.62. The lowest BCUT2D eigenvalue weighted by atomic mass is 9.26. The standard InChI is InChI=1S/C10H20B2N2O2/c1-5(2)7(13)9(15)12(11)10(16)8(14)6(3)4/h5-8H,13-14H2,1-4H3/t7-,8-/m0/s1. The normalized spacial score (nSPS) is 15.0. The Kier molecular flexibility index (Phi) is 5.97. The van der Waals surface area contributed by atoms with Crippen molar-refractivity contribution in [1.29, 1.82) is 0 Å². The maximum atomic E-state index is 11.7. The molecule has 0 saturated carbocycles. The van der Waals surface area contributed by atoms with Crippen LogP contribution in [0.4, 0.5) is 0 Å². The summed E-state index contributed by atoms with van der Waals surface area (Å²) in [7, 11) is 5.58. The Hall–Kier alpha value is -0.610. The second-order valence-corrected chi connectivity index (χ2v) is 4.82.